The Hall–Kier alpha value is -1.94. The van der Waals surface area contributed by atoms with Gasteiger partial charge in [0.15, 0.2) is 12.2 Å². The summed E-state index contributed by atoms with van der Waals surface area (Å²) in [6.07, 6.45) is 52.7. The summed E-state index contributed by atoms with van der Waals surface area (Å²) in [4.78, 5) is 72.6. The summed E-state index contributed by atoms with van der Waals surface area (Å²) in [7, 11) is -9.90. The number of unbranched alkanes of at least 4 members (excludes halogenated alkanes) is 41. The minimum atomic E-state index is -4.96. The smallest absolute Gasteiger partial charge is 0.462 e. The highest BCUT2D eigenvalue weighted by molar-refractivity contribution is 7.47. The van der Waals surface area contributed by atoms with E-state index >= 15 is 0 Å². The predicted octanol–water partition coefficient (Wildman–Crippen LogP) is 21.6. The van der Waals surface area contributed by atoms with E-state index in [2.05, 4.69) is 41.5 Å². The van der Waals surface area contributed by atoms with Crippen molar-refractivity contribution in [1.82, 2.24) is 0 Å². The van der Waals surface area contributed by atoms with Crippen molar-refractivity contribution in [1.29, 1.82) is 0 Å². The number of phosphoric acid groups is 2. The average molecular weight is 1370 g/mol. The molecule has 0 fully saturated rings. The lowest BCUT2D eigenvalue weighted by Crippen LogP contribution is -2.30. The van der Waals surface area contributed by atoms with Crippen LogP contribution in [0, 0.1) is 11.8 Å². The lowest BCUT2D eigenvalue weighted by atomic mass is 9.99. The summed E-state index contributed by atoms with van der Waals surface area (Å²) in [5, 5.41) is 10.6. The summed E-state index contributed by atoms with van der Waals surface area (Å²) in [6.45, 7) is 9.59. The zero-order valence-electron chi connectivity index (χ0n) is 60.6. The third-order valence-corrected chi connectivity index (χ3v) is 19.8. The Morgan fingerprint density at radius 3 is 0.763 bits per heavy atom. The normalized spacial score (nSPS) is 14.6. The van der Waals surface area contributed by atoms with Crippen molar-refractivity contribution in [3.63, 3.8) is 0 Å². The number of carbonyl (C=O) groups is 4. The first-order chi connectivity index (χ1) is 44.9. The molecule has 0 aliphatic heterocycles. The minimum absolute atomic E-state index is 0.105. The highest BCUT2D eigenvalue weighted by atomic mass is 31.2. The molecular weight excluding hydrogens is 1220 g/mol. The van der Waals surface area contributed by atoms with Gasteiger partial charge >= 0.3 is 39.5 Å². The monoisotopic (exact) mass is 1370 g/mol. The number of aliphatic hydroxyl groups excluding tert-OH is 1. The van der Waals surface area contributed by atoms with Crippen LogP contribution in [0.1, 0.15) is 382 Å². The Kier molecular flexibility index (Phi) is 64.6. The Bertz CT molecular complexity index is 1810. The highest BCUT2D eigenvalue weighted by Crippen LogP contribution is 2.45. The van der Waals surface area contributed by atoms with Gasteiger partial charge < -0.3 is 33.8 Å². The zero-order valence-corrected chi connectivity index (χ0v) is 62.3. The van der Waals surface area contributed by atoms with E-state index in [-0.39, 0.29) is 25.7 Å². The number of phosphoric ester groups is 2. The molecule has 93 heavy (non-hydrogen) atoms. The number of rotatable bonds is 73. The van der Waals surface area contributed by atoms with E-state index in [0.717, 1.165) is 115 Å². The molecule has 552 valence electrons. The molecule has 4 unspecified atom stereocenters. The first-order valence-corrected chi connectivity index (χ1v) is 41.6. The maximum Gasteiger partial charge on any atom is 0.472 e. The molecule has 0 saturated carbocycles. The van der Waals surface area contributed by atoms with Gasteiger partial charge in [0.05, 0.1) is 26.4 Å². The number of esters is 4. The molecule has 19 heteroatoms. The molecule has 0 aliphatic rings. The Morgan fingerprint density at radius 1 is 0.301 bits per heavy atom. The topological polar surface area (TPSA) is 237 Å². The van der Waals surface area contributed by atoms with Gasteiger partial charge in [0.1, 0.15) is 19.3 Å². The summed E-state index contributed by atoms with van der Waals surface area (Å²) in [5.41, 5.74) is 0. The molecule has 0 aromatic rings. The second-order valence-corrected chi connectivity index (χ2v) is 30.1. The van der Waals surface area contributed by atoms with Crippen molar-refractivity contribution < 1.29 is 80.2 Å². The van der Waals surface area contributed by atoms with E-state index in [9.17, 15) is 43.2 Å². The maximum absolute atomic E-state index is 13.1. The van der Waals surface area contributed by atoms with Crippen LogP contribution in [-0.2, 0) is 65.4 Å². The van der Waals surface area contributed by atoms with Crippen molar-refractivity contribution in [3.8, 4) is 0 Å². The number of hydrogen-bond donors (Lipinski definition) is 3. The van der Waals surface area contributed by atoms with Gasteiger partial charge in [-0.25, -0.2) is 9.13 Å². The number of aliphatic hydroxyl groups is 1. The van der Waals surface area contributed by atoms with Crippen LogP contribution in [0.2, 0.25) is 0 Å². The fourth-order valence-electron chi connectivity index (χ4n) is 11.2. The largest absolute Gasteiger partial charge is 0.472 e. The van der Waals surface area contributed by atoms with Crippen LogP contribution in [0.4, 0.5) is 0 Å². The van der Waals surface area contributed by atoms with Gasteiger partial charge in [0, 0.05) is 25.7 Å². The quantitative estimate of drug-likeness (QED) is 0.0222. The number of ether oxygens (including phenoxy) is 4. The van der Waals surface area contributed by atoms with Gasteiger partial charge in [-0.15, -0.1) is 0 Å². The van der Waals surface area contributed by atoms with E-state index in [4.69, 9.17) is 37.0 Å². The van der Waals surface area contributed by atoms with Crippen molar-refractivity contribution in [2.45, 2.75) is 400 Å². The molecule has 0 amide bonds. The number of carbonyl (C=O) groups excluding carboxylic acids is 4. The molecule has 0 radical (unpaired) electrons. The van der Waals surface area contributed by atoms with E-state index in [1.807, 2.05) is 0 Å². The first kappa shape index (κ1) is 91.1. The minimum Gasteiger partial charge on any atom is -0.462 e. The molecule has 0 aromatic carbocycles. The van der Waals surface area contributed by atoms with Crippen LogP contribution in [-0.4, -0.2) is 96.7 Å². The van der Waals surface area contributed by atoms with Crippen LogP contribution in [0.5, 0.6) is 0 Å². The second kappa shape index (κ2) is 66.0. The third kappa shape index (κ3) is 65.8. The Morgan fingerprint density at radius 2 is 0.516 bits per heavy atom. The van der Waals surface area contributed by atoms with E-state index in [1.165, 1.54) is 186 Å². The summed E-state index contributed by atoms with van der Waals surface area (Å²) in [5.74, 6) is -0.508. The van der Waals surface area contributed by atoms with Gasteiger partial charge in [-0.1, -0.05) is 330 Å². The summed E-state index contributed by atoms with van der Waals surface area (Å²) in [6, 6.07) is 0. The molecule has 0 aromatic heterocycles. The SMILES string of the molecule is CCCCCCCCCCCCCCCCCCC(=O)OC[C@H](COP(=O)(O)OC[C@@H](O)COP(=O)(O)OC[C@@H](COC(=O)CCCCCCCCC)OC(=O)CCCCCCCCCCC(C)CC)OC(=O)CCCCCCCCCCCCCCCCC(C)CC. The Balaban J connectivity index is 5.20. The standard InChI is InChI=1S/C74H144O17P2/c1-7-11-13-15-17-18-19-20-21-22-26-29-32-39-45-51-57-72(77)85-63-70(90-73(78)58-52-46-40-33-30-27-24-23-25-28-31-37-42-48-54-66(5)9-3)65-89-93(82,83)87-61-68(75)60-86-92(80,81)88-64-69(62-84-71(76)56-50-44-36-16-14-12-8-2)91-74(79)59-53-47-41-35-34-38-43-49-55-67(6)10-4/h66-70,75H,7-65H2,1-6H3,(H,80,81)(H,82,83)/t66?,67?,68-,69+,70+/m0/s1. The molecular formula is C74H144O17P2. The molecule has 0 spiro atoms. The fraction of sp³-hybridized carbons (Fsp3) is 0.946. The van der Waals surface area contributed by atoms with Crippen molar-refractivity contribution in [2.75, 3.05) is 39.6 Å². The third-order valence-electron chi connectivity index (χ3n) is 17.9. The van der Waals surface area contributed by atoms with Crippen LogP contribution < -0.4 is 0 Å². The maximum atomic E-state index is 13.1. The lowest BCUT2D eigenvalue weighted by molar-refractivity contribution is -0.161. The molecule has 7 atom stereocenters. The van der Waals surface area contributed by atoms with Crippen molar-refractivity contribution >= 4 is 39.5 Å². The molecule has 3 N–H and O–H groups in total. The van der Waals surface area contributed by atoms with E-state index in [0.29, 0.717) is 25.7 Å². The van der Waals surface area contributed by atoms with Gasteiger partial charge in [0.2, 0.25) is 0 Å². The van der Waals surface area contributed by atoms with Crippen molar-refractivity contribution in [2.24, 2.45) is 11.8 Å². The second-order valence-electron chi connectivity index (χ2n) is 27.2. The highest BCUT2D eigenvalue weighted by Gasteiger charge is 2.30. The van der Waals surface area contributed by atoms with Crippen LogP contribution >= 0.6 is 15.6 Å². The van der Waals surface area contributed by atoms with Crippen LogP contribution in [0.3, 0.4) is 0 Å². The van der Waals surface area contributed by atoms with Gasteiger partial charge in [0.25, 0.3) is 0 Å². The molecule has 0 rings (SSSR count). The van der Waals surface area contributed by atoms with E-state index < -0.39 is 97.5 Å². The molecule has 0 aliphatic carbocycles. The zero-order chi connectivity index (χ0) is 68.6. The lowest BCUT2D eigenvalue weighted by Gasteiger charge is -2.21. The predicted molar refractivity (Wildman–Crippen MR) is 377 cm³/mol. The molecule has 0 saturated heterocycles. The molecule has 0 bridgehead atoms. The number of hydrogen-bond acceptors (Lipinski definition) is 15. The fourth-order valence-corrected chi connectivity index (χ4v) is 12.8. The van der Waals surface area contributed by atoms with Gasteiger partial charge in [-0.3, -0.25) is 37.3 Å². The van der Waals surface area contributed by atoms with E-state index in [1.54, 1.807) is 0 Å². The van der Waals surface area contributed by atoms with Gasteiger partial charge in [-0.05, 0) is 37.5 Å². The Labute approximate surface area is 568 Å². The molecule has 0 heterocycles. The summed E-state index contributed by atoms with van der Waals surface area (Å²) < 4.78 is 68.3. The average Bonchev–Trinajstić information content (AvgIpc) is 3.33. The first-order valence-electron chi connectivity index (χ1n) is 38.6. The van der Waals surface area contributed by atoms with Crippen molar-refractivity contribution in [3.05, 3.63) is 0 Å². The summed E-state index contributed by atoms with van der Waals surface area (Å²) >= 11 is 0. The molecule has 17 nitrogen and oxygen atoms in total. The van der Waals surface area contributed by atoms with Gasteiger partial charge in [-0.2, -0.15) is 0 Å². The van der Waals surface area contributed by atoms with Crippen LogP contribution in [0.15, 0.2) is 0 Å². The van der Waals surface area contributed by atoms with Crippen LogP contribution in [0.25, 0.3) is 0 Å².